The molecule has 0 aliphatic rings. The predicted octanol–water partition coefficient (Wildman–Crippen LogP) is 11.7. The van der Waals surface area contributed by atoms with Gasteiger partial charge >= 0.3 is 11.9 Å². The van der Waals surface area contributed by atoms with Crippen LogP contribution in [0.4, 0.5) is 0 Å². The summed E-state index contributed by atoms with van der Waals surface area (Å²) in [5.41, 5.74) is 6.12. The number of allylic oxidation sites excluding steroid dienone is 2. The lowest BCUT2D eigenvalue weighted by atomic mass is 9.96. The van der Waals surface area contributed by atoms with Crippen molar-refractivity contribution in [1.29, 1.82) is 0 Å². The first-order valence-electron chi connectivity index (χ1n) is 18.7. The molecule has 57 heavy (non-hydrogen) atoms. The number of hydrogen-bond donors (Lipinski definition) is 1. The van der Waals surface area contributed by atoms with Gasteiger partial charge in [0.2, 0.25) is 0 Å². The molecule has 0 amide bonds. The van der Waals surface area contributed by atoms with Crippen LogP contribution in [-0.2, 0) is 4.74 Å². The van der Waals surface area contributed by atoms with E-state index in [4.69, 9.17) is 14.2 Å². The van der Waals surface area contributed by atoms with Gasteiger partial charge in [-0.3, -0.25) is 9.59 Å². The average Bonchev–Trinajstić information content (AvgIpc) is 3.15. The van der Waals surface area contributed by atoms with Crippen molar-refractivity contribution < 1.29 is 38.5 Å². The van der Waals surface area contributed by atoms with Crippen molar-refractivity contribution in [1.82, 2.24) is 0 Å². The summed E-state index contributed by atoms with van der Waals surface area (Å²) in [5.74, 6) is -0.469. The molecule has 4 aromatic rings. The summed E-state index contributed by atoms with van der Waals surface area (Å²) in [6.07, 6.45) is 10.1. The Morgan fingerprint density at radius 2 is 0.947 bits per heavy atom. The summed E-state index contributed by atoms with van der Waals surface area (Å²) in [6, 6.07) is 18.5. The first-order chi connectivity index (χ1) is 26.9. The average molecular weight is 811 g/mol. The number of thioether (sulfide) groups is 2. The number of benzene rings is 4. The van der Waals surface area contributed by atoms with Gasteiger partial charge in [-0.1, -0.05) is 0 Å². The third kappa shape index (κ3) is 13.0. The van der Waals surface area contributed by atoms with Crippen molar-refractivity contribution in [3.63, 3.8) is 0 Å². The number of aryl methyl sites for hydroxylation is 2. The number of ether oxygens (including phenoxy) is 3. The van der Waals surface area contributed by atoms with Gasteiger partial charge in [-0.25, -0.2) is 9.59 Å². The van der Waals surface area contributed by atoms with Gasteiger partial charge in [-0.2, -0.15) is 0 Å². The number of hydrogen-bond acceptors (Lipinski definition) is 9. The Morgan fingerprint density at radius 3 is 1.28 bits per heavy atom. The molecule has 0 bridgehead atoms. The molecule has 0 aliphatic heterocycles. The normalized spacial score (nSPS) is 11.3. The summed E-state index contributed by atoms with van der Waals surface area (Å²) in [5, 5.41) is 9.48. The van der Waals surface area contributed by atoms with E-state index in [9.17, 15) is 24.3 Å². The van der Waals surface area contributed by atoms with Crippen LogP contribution in [0.5, 0.6) is 11.5 Å². The van der Waals surface area contributed by atoms with Crippen molar-refractivity contribution in [2.75, 3.05) is 12.5 Å². The molecule has 0 atom stereocenters. The smallest absolute Gasteiger partial charge is 0.339 e. The second-order valence-electron chi connectivity index (χ2n) is 14.2. The fourth-order valence-electron chi connectivity index (χ4n) is 5.98. The van der Waals surface area contributed by atoms with E-state index in [0.717, 1.165) is 20.9 Å². The molecule has 302 valence electrons. The molecule has 10 heteroatoms. The van der Waals surface area contributed by atoms with E-state index in [2.05, 4.69) is 0 Å². The van der Waals surface area contributed by atoms with E-state index in [1.54, 1.807) is 73.8 Å². The standard InChI is InChI=1S/C25H30O4S.C22H24O4S/c1-15(2)28-24-18(6)23(25(27)29-16(3)4)17(5)14-20(24)10-13-22(26)19-8-11-21(30-7)12-9-19;1-13(2)26-21-15(4)20(22(24)25)14(3)12-17(21)8-11-19(23)16-6-9-18(27-5)10-7-16/h8-16H,1-7H3;6-13H,1-5H3,(H,24,25). The molecular formula is C47H54O8S2. The fourth-order valence-corrected chi connectivity index (χ4v) is 6.79. The van der Waals surface area contributed by atoms with Crippen LogP contribution in [0.25, 0.3) is 12.2 Å². The molecule has 8 nitrogen and oxygen atoms in total. The van der Waals surface area contributed by atoms with Crippen LogP contribution in [0.2, 0.25) is 0 Å². The molecule has 0 fully saturated rings. The molecule has 0 saturated heterocycles. The van der Waals surface area contributed by atoms with E-state index in [-0.39, 0.29) is 41.4 Å². The van der Waals surface area contributed by atoms with Gasteiger partial charge in [-0.05, 0) is 178 Å². The highest BCUT2D eigenvalue weighted by molar-refractivity contribution is 7.98. The highest BCUT2D eigenvalue weighted by Gasteiger charge is 2.22. The Labute approximate surface area is 346 Å². The third-order valence-corrected chi connectivity index (χ3v) is 10.0. The molecule has 0 heterocycles. The number of aromatic carboxylic acids is 1. The molecule has 0 unspecified atom stereocenters. The molecule has 0 saturated carbocycles. The van der Waals surface area contributed by atoms with Crippen molar-refractivity contribution in [2.24, 2.45) is 0 Å². The van der Waals surface area contributed by atoms with Crippen LogP contribution in [0, 0.1) is 27.7 Å². The number of rotatable bonds is 15. The van der Waals surface area contributed by atoms with Crippen molar-refractivity contribution >= 4 is 59.2 Å². The quantitative estimate of drug-likeness (QED) is 0.0538. The van der Waals surface area contributed by atoms with Gasteiger partial charge in [0.05, 0.1) is 29.4 Å². The third-order valence-electron chi connectivity index (χ3n) is 8.53. The van der Waals surface area contributed by atoms with Crippen molar-refractivity contribution in [2.45, 2.75) is 97.3 Å². The zero-order valence-electron chi connectivity index (χ0n) is 34.9. The maximum absolute atomic E-state index is 12.6. The molecule has 4 rings (SSSR count). The summed E-state index contributed by atoms with van der Waals surface area (Å²) in [4.78, 5) is 51.4. The Morgan fingerprint density at radius 1 is 0.579 bits per heavy atom. The van der Waals surface area contributed by atoms with Gasteiger partial charge in [0.25, 0.3) is 0 Å². The van der Waals surface area contributed by atoms with Crippen LogP contribution in [0.1, 0.15) is 116 Å². The first kappa shape index (κ1) is 46.3. The maximum atomic E-state index is 12.6. The summed E-state index contributed by atoms with van der Waals surface area (Å²) < 4.78 is 17.3. The van der Waals surface area contributed by atoms with Gasteiger partial charge in [0, 0.05) is 43.2 Å². The second-order valence-corrected chi connectivity index (χ2v) is 15.9. The van der Waals surface area contributed by atoms with Crippen LogP contribution in [0.3, 0.4) is 0 Å². The summed E-state index contributed by atoms with van der Waals surface area (Å²) in [7, 11) is 0. The van der Waals surface area contributed by atoms with Crippen LogP contribution in [0.15, 0.2) is 82.6 Å². The Balaban J connectivity index is 0.000000307. The van der Waals surface area contributed by atoms with Crippen molar-refractivity contribution in [3.8, 4) is 11.5 Å². The second kappa shape index (κ2) is 21.5. The van der Waals surface area contributed by atoms with Gasteiger partial charge in [-0.15, -0.1) is 23.5 Å². The Kier molecular flexibility index (Phi) is 17.4. The fraction of sp³-hybridized carbons (Fsp3) is 0.319. The Hall–Kier alpha value is -5.06. The SMILES string of the molecule is CSc1ccc(C(=O)C=Cc2cc(C)c(C(=O)O)c(C)c2OC(C)C)cc1.CSc1ccc(C(=O)C=Cc2cc(C)c(C(=O)OC(C)C)c(C)c2OC(C)C)cc1. The number of carboxylic acids is 1. The summed E-state index contributed by atoms with van der Waals surface area (Å²) >= 11 is 3.25. The number of carbonyl (C=O) groups excluding carboxylic acids is 3. The number of carboxylic acid groups (broad SMARTS) is 1. The monoisotopic (exact) mass is 810 g/mol. The van der Waals surface area contributed by atoms with Crippen LogP contribution >= 0.6 is 23.5 Å². The molecular weight excluding hydrogens is 757 g/mol. The molecule has 0 aromatic heterocycles. The van der Waals surface area contributed by atoms with E-state index in [0.29, 0.717) is 50.4 Å². The van der Waals surface area contributed by atoms with E-state index >= 15 is 0 Å². The number of ketones is 2. The van der Waals surface area contributed by atoms with Gasteiger partial charge in [0.15, 0.2) is 11.6 Å². The lowest BCUT2D eigenvalue weighted by Crippen LogP contribution is -2.16. The zero-order valence-corrected chi connectivity index (χ0v) is 36.6. The van der Waals surface area contributed by atoms with Crippen LogP contribution in [-0.4, -0.2) is 59.4 Å². The largest absolute Gasteiger partial charge is 0.490 e. The minimum Gasteiger partial charge on any atom is -0.490 e. The highest BCUT2D eigenvalue weighted by Crippen LogP contribution is 2.34. The maximum Gasteiger partial charge on any atom is 0.339 e. The van der Waals surface area contributed by atoms with E-state index in [1.807, 2.05) is 110 Å². The topological polar surface area (TPSA) is 116 Å². The number of carbonyl (C=O) groups is 4. The van der Waals surface area contributed by atoms with E-state index in [1.165, 1.54) is 6.08 Å². The predicted molar refractivity (Wildman–Crippen MR) is 234 cm³/mol. The van der Waals surface area contributed by atoms with Crippen molar-refractivity contribution in [3.05, 3.63) is 128 Å². The molecule has 4 aromatic carbocycles. The number of esters is 1. The lowest BCUT2D eigenvalue weighted by molar-refractivity contribution is 0.0374. The highest BCUT2D eigenvalue weighted by atomic mass is 32.2. The lowest BCUT2D eigenvalue weighted by Gasteiger charge is -2.20. The molecule has 1 N–H and O–H groups in total. The molecule has 0 spiro atoms. The van der Waals surface area contributed by atoms with Gasteiger partial charge < -0.3 is 19.3 Å². The molecule has 0 radical (unpaired) electrons. The van der Waals surface area contributed by atoms with Crippen LogP contribution < -0.4 is 9.47 Å². The summed E-state index contributed by atoms with van der Waals surface area (Å²) in [6.45, 7) is 18.5. The zero-order chi connectivity index (χ0) is 42.6. The first-order valence-corrected chi connectivity index (χ1v) is 21.1. The Bertz CT molecular complexity index is 2130. The minimum absolute atomic E-state index is 0.0812. The van der Waals surface area contributed by atoms with Gasteiger partial charge in [0.1, 0.15) is 11.5 Å². The minimum atomic E-state index is -0.987. The molecule has 0 aliphatic carbocycles. The van der Waals surface area contributed by atoms with E-state index < -0.39 is 5.97 Å².